The third kappa shape index (κ3) is 2.74. The van der Waals surface area contributed by atoms with Gasteiger partial charge in [-0.25, -0.2) is 4.39 Å². The fourth-order valence-electron chi connectivity index (χ4n) is 2.27. The quantitative estimate of drug-likeness (QED) is 0.856. The van der Waals surface area contributed by atoms with Crippen molar-refractivity contribution in [1.29, 1.82) is 5.26 Å². The third-order valence-electron chi connectivity index (χ3n) is 3.52. The van der Waals surface area contributed by atoms with Gasteiger partial charge in [0.2, 0.25) is 5.91 Å². The molecule has 0 aliphatic carbocycles. The van der Waals surface area contributed by atoms with E-state index in [1.807, 2.05) is 6.92 Å². The topological polar surface area (TPSA) is 64.9 Å². The van der Waals surface area contributed by atoms with Gasteiger partial charge in [0.1, 0.15) is 17.4 Å². The predicted molar refractivity (Wildman–Crippen MR) is 70.0 cm³/mol. The second-order valence-corrected chi connectivity index (χ2v) is 5.07. The van der Waals surface area contributed by atoms with Crippen LogP contribution in [0.3, 0.4) is 0 Å². The van der Waals surface area contributed by atoms with Crippen LogP contribution in [0.25, 0.3) is 0 Å². The molecule has 2 N–H and O–H groups in total. The Balaban J connectivity index is 2.20. The molecule has 0 saturated carbocycles. The predicted octanol–water partition coefficient (Wildman–Crippen LogP) is 2.03. The number of piperidine rings is 1. The Morgan fingerprint density at radius 1 is 1.58 bits per heavy atom. The summed E-state index contributed by atoms with van der Waals surface area (Å²) in [5.74, 6) is -0.797. The highest BCUT2D eigenvalue weighted by Gasteiger charge is 2.34. The largest absolute Gasteiger partial charge is 0.324 e. The van der Waals surface area contributed by atoms with E-state index in [0.29, 0.717) is 6.54 Å². The molecule has 100 valence electrons. The lowest BCUT2D eigenvalue weighted by molar-refractivity contribution is -0.125. The maximum absolute atomic E-state index is 13.5. The molecular weight excluding hydrogens is 245 g/mol. The van der Waals surface area contributed by atoms with E-state index < -0.39 is 11.2 Å². The van der Waals surface area contributed by atoms with E-state index in [-0.39, 0.29) is 17.2 Å². The molecule has 1 aromatic carbocycles. The number of nitriles is 1. The number of carbonyl (C=O) groups excluding carboxylic acids is 1. The molecule has 2 rings (SSSR count). The van der Waals surface area contributed by atoms with Crippen LogP contribution in [-0.4, -0.2) is 19.0 Å². The third-order valence-corrected chi connectivity index (χ3v) is 3.52. The van der Waals surface area contributed by atoms with E-state index in [1.165, 1.54) is 12.1 Å². The summed E-state index contributed by atoms with van der Waals surface area (Å²) in [6, 6.07) is 6.01. The van der Waals surface area contributed by atoms with Gasteiger partial charge in [0.25, 0.3) is 0 Å². The molecule has 1 aliphatic heterocycles. The van der Waals surface area contributed by atoms with Crippen molar-refractivity contribution < 1.29 is 9.18 Å². The smallest absolute Gasteiger partial charge is 0.231 e. The zero-order chi connectivity index (χ0) is 13.9. The average molecular weight is 261 g/mol. The Morgan fingerprint density at radius 2 is 2.37 bits per heavy atom. The molecule has 1 saturated heterocycles. The van der Waals surface area contributed by atoms with E-state index in [2.05, 4.69) is 10.6 Å². The zero-order valence-corrected chi connectivity index (χ0v) is 10.8. The number of hydrogen-bond donors (Lipinski definition) is 2. The first kappa shape index (κ1) is 13.5. The van der Waals surface area contributed by atoms with E-state index in [0.717, 1.165) is 19.4 Å². The summed E-state index contributed by atoms with van der Waals surface area (Å²) in [5.41, 5.74) is -0.403. The zero-order valence-electron chi connectivity index (χ0n) is 10.8. The van der Waals surface area contributed by atoms with Gasteiger partial charge in [-0.3, -0.25) is 4.79 Å². The average Bonchev–Trinajstić information content (AvgIpc) is 2.40. The van der Waals surface area contributed by atoms with Gasteiger partial charge in [-0.1, -0.05) is 6.07 Å². The highest BCUT2D eigenvalue weighted by Crippen LogP contribution is 2.28. The molecule has 1 atom stereocenters. The van der Waals surface area contributed by atoms with Gasteiger partial charge in [-0.2, -0.15) is 5.26 Å². The lowest BCUT2D eigenvalue weighted by Crippen LogP contribution is -2.46. The molecule has 19 heavy (non-hydrogen) atoms. The fraction of sp³-hybridized carbons (Fsp3) is 0.429. The fourth-order valence-corrected chi connectivity index (χ4v) is 2.27. The van der Waals surface area contributed by atoms with Gasteiger partial charge in [0.15, 0.2) is 0 Å². The van der Waals surface area contributed by atoms with Crippen LogP contribution in [0.4, 0.5) is 10.1 Å². The molecule has 1 aliphatic rings. The minimum atomic E-state index is -0.618. The minimum absolute atomic E-state index is 0.122. The lowest BCUT2D eigenvalue weighted by Gasteiger charge is -2.32. The van der Waals surface area contributed by atoms with Crippen LogP contribution < -0.4 is 10.6 Å². The number of anilines is 1. The molecule has 1 aromatic rings. The summed E-state index contributed by atoms with van der Waals surface area (Å²) < 4.78 is 13.5. The van der Waals surface area contributed by atoms with E-state index in [9.17, 15) is 9.18 Å². The molecule has 4 nitrogen and oxygen atoms in total. The first-order valence-corrected chi connectivity index (χ1v) is 6.27. The summed E-state index contributed by atoms with van der Waals surface area (Å²) >= 11 is 0. The molecule has 5 heteroatoms. The second-order valence-electron chi connectivity index (χ2n) is 5.07. The maximum Gasteiger partial charge on any atom is 0.231 e. The summed E-state index contributed by atoms with van der Waals surface area (Å²) in [6.45, 7) is 3.38. The van der Waals surface area contributed by atoms with E-state index in [4.69, 9.17) is 5.26 Å². The Bertz CT molecular complexity index is 530. The lowest BCUT2D eigenvalue weighted by atomic mass is 9.82. The Kier molecular flexibility index (Phi) is 3.82. The van der Waals surface area contributed by atoms with Crippen LogP contribution in [0.1, 0.15) is 25.3 Å². The van der Waals surface area contributed by atoms with E-state index >= 15 is 0 Å². The van der Waals surface area contributed by atoms with Crippen molar-refractivity contribution in [3.8, 4) is 6.07 Å². The van der Waals surface area contributed by atoms with Gasteiger partial charge >= 0.3 is 0 Å². The van der Waals surface area contributed by atoms with Crippen molar-refractivity contribution in [3.63, 3.8) is 0 Å². The van der Waals surface area contributed by atoms with E-state index in [1.54, 1.807) is 12.1 Å². The van der Waals surface area contributed by atoms with Crippen molar-refractivity contribution in [3.05, 3.63) is 29.6 Å². The number of hydrogen-bond acceptors (Lipinski definition) is 3. The van der Waals surface area contributed by atoms with Crippen molar-refractivity contribution in [1.82, 2.24) is 5.32 Å². The summed E-state index contributed by atoms with van der Waals surface area (Å²) in [6.07, 6.45) is 1.71. The van der Waals surface area contributed by atoms with Gasteiger partial charge in [-0.05, 0) is 38.4 Å². The number of rotatable bonds is 2. The molecule has 1 amide bonds. The molecule has 1 fully saturated rings. The highest BCUT2D eigenvalue weighted by molar-refractivity contribution is 5.96. The van der Waals surface area contributed by atoms with Gasteiger partial charge < -0.3 is 10.6 Å². The molecule has 0 bridgehead atoms. The number of amides is 1. The minimum Gasteiger partial charge on any atom is -0.324 e. The molecule has 0 radical (unpaired) electrons. The van der Waals surface area contributed by atoms with Gasteiger partial charge in [-0.15, -0.1) is 0 Å². The number of carbonyl (C=O) groups is 1. The van der Waals surface area contributed by atoms with Crippen LogP contribution in [0.5, 0.6) is 0 Å². The van der Waals surface area contributed by atoms with Crippen LogP contribution >= 0.6 is 0 Å². The molecule has 1 heterocycles. The van der Waals surface area contributed by atoms with Crippen LogP contribution in [0.15, 0.2) is 18.2 Å². The second kappa shape index (κ2) is 5.37. The number of nitrogens with one attached hydrogen (secondary N) is 2. The van der Waals surface area contributed by atoms with Crippen molar-refractivity contribution >= 4 is 11.6 Å². The molecule has 1 unspecified atom stereocenters. The SMILES string of the molecule is CC1(C(=O)Nc2cccc(F)c2C#N)CCCNC1. The maximum atomic E-state index is 13.5. The number of benzene rings is 1. The summed E-state index contributed by atoms with van der Waals surface area (Å²) in [4.78, 5) is 12.3. The first-order valence-electron chi connectivity index (χ1n) is 6.27. The number of nitrogens with zero attached hydrogens (tertiary/aromatic N) is 1. The van der Waals surface area contributed by atoms with Crippen LogP contribution in [0, 0.1) is 22.6 Å². The molecular formula is C14H16FN3O. The van der Waals surface area contributed by atoms with Crippen molar-refractivity contribution in [2.75, 3.05) is 18.4 Å². The first-order chi connectivity index (χ1) is 9.07. The normalized spacial score (nSPS) is 22.6. The Hall–Kier alpha value is -1.93. The van der Waals surface area contributed by atoms with Crippen molar-refractivity contribution in [2.45, 2.75) is 19.8 Å². The monoisotopic (exact) mass is 261 g/mol. The van der Waals surface area contributed by atoms with Gasteiger partial charge in [0, 0.05) is 6.54 Å². The van der Waals surface area contributed by atoms with Crippen molar-refractivity contribution in [2.24, 2.45) is 5.41 Å². The number of halogens is 1. The van der Waals surface area contributed by atoms with Gasteiger partial charge in [0.05, 0.1) is 11.1 Å². The Labute approximate surface area is 111 Å². The standard InChI is InChI=1S/C14H16FN3O/c1-14(6-3-7-17-9-14)13(19)18-12-5-2-4-11(15)10(12)8-16/h2,4-5,17H,3,6-7,9H2,1H3,(H,18,19). The van der Waals surface area contributed by atoms with Crippen LogP contribution in [0.2, 0.25) is 0 Å². The summed E-state index contributed by atoms with van der Waals surface area (Å²) in [5, 5.41) is 14.8. The highest BCUT2D eigenvalue weighted by atomic mass is 19.1. The molecule has 0 aromatic heterocycles. The Morgan fingerprint density at radius 3 is 3.00 bits per heavy atom. The molecule has 0 spiro atoms. The summed E-state index contributed by atoms with van der Waals surface area (Å²) in [7, 11) is 0. The van der Waals surface area contributed by atoms with Crippen LogP contribution in [-0.2, 0) is 4.79 Å².